The van der Waals surface area contributed by atoms with E-state index < -0.39 is 0 Å². The minimum Gasteiger partial charge on any atom is -0.468 e. The minimum absolute atomic E-state index is 0.258. The molecule has 4 fully saturated rings. The van der Waals surface area contributed by atoms with Crippen LogP contribution in [0.1, 0.15) is 63.2 Å². The normalized spacial score (nSPS) is 32.7. The molecular weight excluding hydrogens is 364 g/mol. The predicted molar refractivity (Wildman–Crippen MR) is 114 cm³/mol. The number of furan rings is 1. The summed E-state index contributed by atoms with van der Waals surface area (Å²) in [5.74, 6) is 2.63. The molecule has 0 bridgehead atoms. The van der Waals surface area contributed by atoms with Crippen molar-refractivity contribution in [2.24, 2.45) is 16.3 Å². The fourth-order valence-electron chi connectivity index (χ4n) is 6.56. The van der Waals surface area contributed by atoms with Crippen LogP contribution in [0.5, 0.6) is 0 Å². The molecule has 29 heavy (non-hydrogen) atoms. The molecule has 160 valence electrons. The van der Waals surface area contributed by atoms with Gasteiger partial charge in [-0.25, -0.2) is 0 Å². The largest absolute Gasteiger partial charge is 0.468 e. The van der Waals surface area contributed by atoms with E-state index >= 15 is 0 Å². The fraction of sp³-hybridized carbons (Fsp3) is 0.783. The molecule has 3 heterocycles. The zero-order chi connectivity index (χ0) is 19.7. The van der Waals surface area contributed by atoms with Gasteiger partial charge in [-0.1, -0.05) is 19.3 Å². The highest BCUT2D eigenvalue weighted by Gasteiger charge is 2.65. The van der Waals surface area contributed by atoms with Gasteiger partial charge in [0.2, 0.25) is 0 Å². The van der Waals surface area contributed by atoms with E-state index in [2.05, 4.69) is 26.6 Å². The molecular formula is C23H36N4O2. The average Bonchev–Trinajstić information content (AvgIpc) is 3.52. The standard InChI is InChI=1S/C23H36N4O2/c1-24-22(26-20-17-9-15-29-21(17)23(20)10-3-4-11-23)25-16-18(19-8-7-14-28-19)27-12-5-2-6-13-27/h7-8,14,17-18,20-21H,2-6,9-13,15-16H2,1H3,(H2,24,25,26). The minimum atomic E-state index is 0.258. The lowest BCUT2D eigenvalue weighted by Gasteiger charge is -2.57. The number of guanidine groups is 1. The number of hydrogen-bond acceptors (Lipinski definition) is 4. The maximum atomic E-state index is 6.14. The number of nitrogens with zero attached hydrogens (tertiary/aromatic N) is 2. The summed E-state index contributed by atoms with van der Waals surface area (Å²) < 4.78 is 11.9. The van der Waals surface area contributed by atoms with E-state index in [4.69, 9.17) is 9.15 Å². The Balaban J connectivity index is 1.25. The molecule has 1 spiro atoms. The van der Waals surface area contributed by atoms with E-state index in [-0.39, 0.29) is 6.04 Å². The van der Waals surface area contributed by atoms with E-state index in [9.17, 15) is 0 Å². The van der Waals surface area contributed by atoms with Crippen LogP contribution in [0.25, 0.3) is 0 Å². The third-order valence-corrected chi connectivity index (χ3v) is 7.97. The number of ether oxygens (including phenoxy) is 1. The first-order chi connectivity index (χ1) is 14.3. The van der Waals surface area contributed by atoms with Crippen molar-refractivity contribution in [1.82, 2.24) is 15.5 Å². The molecule has 2 saturated heterocycles. The summed E-state index contributed by atoms with van der Waals surface area (Å²) >= 11 is 0. The molecule has 0 aromatic carbocycles. The highest BCUT2D eigenvalue weighted by Crippen LogP contribution is 2.60. The lowest BCUT2D eigenvalue weighted by Crippen LogP contribution is -2.69. The van der Waals surface area contributed by atoms with Crippen LogP contribution in [0.4, 0.5) is 0 Å². The third-order valence-electron chi connectivity index (χ3n) is 7.97. The van der Waals surface area contributed by atoms with Crippen LogP contribution < -0.4 is 10.6 Å². The molecule has 2 aliphatic heterocycles. The van der Waals surface area contributed by atoms with Crippen molar-refractivity contribution in [3.63, 3.8) is 0 Å². The predicted octanol–water partition coefficient (Wildman–Crippen LogP) is 3.32. The number of piperidine rings is 1. The van der Waals surface area contributed by atoms with Gasteiger partial charge in [0.1, 0.15) is 5.76 Å². The lowest BCUT2D eigenvalue weighted by atomic mass is 9.54. The number of rotatable bonds is 5. The molecule has 4 atom stereocenters. The molecule has 4 unspecified atom stereocenters. The Bertz CT molecular complexity index is 692. The van der Waals surface area contributed by atoms with Gasteiger partial charge in [-0.05, 0) is 57.3 Å². The van der Waals surface area contributed by atoms with Crippen LogP contribution in [0.3, 0.4) is 0 Å². The van der Waals surface area contributed by atoms with E-state index in [1.54, 1.807) is 6.26 Å². The van der Waals surface area contributed by atoms with E-state index in [0.717, 1.165) is 38.0 Å². The van der Waals surface area contributed by atoms with Crippen LogP contribution in [0.15, 0.2) is 27.8 Å². The average molecular weight is 401 g/mol. The summed E-state index contributed by atoms with van der Waals surface area (Å²) in [6.45, 7) is 4.03. The van der Waals surface area contributed by atoms with Gasteiger partial charge < -0.3 is 19.8 Å². The monoisotopic (exact) mass is 400 g/mol. The van der Waals surface area contributed by atoms with Crippen molar-refractivity contribution in [3.05, 3.63) is 24.2 Å². The third kappa shape index (κ3) is 3.48. The molecule has 6 heteroatoms. The second-order valence-electron chi connectivity index (χ2n) is 9.39. The summed E-state index contributed by atoms with van der Waals surface area (Å²) in [7, 11) is 1.89. The van der Waals surface area contributed by atoms with Crippen LogP contribution >= 0.6 is 0 Å². The molecule has 6 nitrogen and oxygen atoms in total. The lowest BCUT2D eigenvalue weighted by molar-refractivity contribution is -0.125. The number of hydrogen-bond donors (Lipinski definition) is 2. The second kappa shape index (κ2) is 8.31. The summed E-state index contributed by atoms with van der Waals surface area (Å²) in [5.41, 5.74) is 0.339. The van der Waals surface area contributed by atoms with Crippen LogP contribution in [0.2, 0.25) is 0 Å². The molecule has 0 radical (unpaired) electrons. The Hall–Kier alpha value is -1.53. The van der Waals surface area contributed by atoms with Crippen LogP contribution in [0, 0.1) is 11.3 Å². The maximum Gasteiger partial charge on any atom is 0.191 e. The maximum absolute atomic E-state index is 6.14. The number of aliphatic imine (C=N–C) groups is 1. The van der Waals surface area contributed by atoms with Crippen LogP contribution in [-0.4, -0.2) is 56.3 Å². The van der Waals surface area contributed by atoms with Crippen molar-refractivity contribution >= 4 is 5.96 Å². The van der Waals surface area contributed by atoms with Gasteiger partial charge in [-0.3, -0.25) is 9.89 Å². The molecule has 2 N–H and O–H groups in total. The van der Waals surface area contributed by atoms with Gasteiger partial charge in [-0.15, -0.1) is 0 Å². The van der Waals surface area contributed by atoms with Crippen molar-refractivity contribution in [2.75, 3.05) is 33.3 Å². The highest BCUT2D eigenvalue weighted by atomic mass is 16.5. The zero-order valence-electron chi connectivity index (χ0n) is 17.7. The van der Waals surface area contributed by atoms with Gasteiger partial charge in [0.15, 0.2) is 5.96 Å². The van der Waals surface area contributed by atoms with Crippen molar-refractivity contribution < 1.29 is 9.15 Å². The molecule has 1 aromatic heterocycles. The van der Waals surface area contributed by atoms with Gasteiger partial charge in [-0.2, -0.15) is 0 Å². The van der Waals surface area contributed by atoms with E-state index in [1.165, 1.54) is 51.4 Å². The van der Waals surface area contributed by atoms with Crippen LogP contribution in [-0.2, 0) is 4.74 Å². The molecule has 4 aliphatic rings. The zero-order valence-corrected chi connectivity index (χ0v) is 17.7. The van der Waals surface area contributed by atoms with Crippen molar-refractivity contribution in [3.8, 4) is 0 Å². The van der Waals surface area contributed by atoms with E-state index in [1.807, 2.05) is 13.1 Å². The quantitative estimate of drug-likeness (QED) is 0.586. The first-order valence-electron chi connectivity index (χ1n) is 11.7. The van der Waals surface area contributed by atoms with Gasteiger partial charge in [0, 0.05) is 37.6 Å². The Morgan fingerprint density at radius 2 is 2.07 bits per heavy atom. The Morgan fingerprint density at radius 1 is 1.24 bits per heavy atom. The topological polar surface area (TPSA) is 62.0 Å². The molecule has 5 rings (SSSR count). The summed E-state index contributed by atoms with van der Waals surface area (Å²) in [5, 5.41) is 7.46. The Kier molecular flexibility index (Phi) is 5.57. The fourth-order valence-corrected chi connectivity index (χ4v) is 6.56. The first kappa shape index (κ1) is 19.4. The van der Waals surface area contributed by atoms with Crippen molar-refractivity contribution in [2.45, 2.75) is 69.6 Å². The Labute approximate surface area is 174 Å². The van der Waals surface area contributed by atoms with Crippen molar-refractivity contribution in [1.29, 1.82) is 0 Å². The number of nitrogens with one attached hydrogen (secondary N) is 2. The number of likely N-dealkylation sites (tertiary alicyclic amines) is 1. The summed E-state index contributed by atoms with van der Waals surface area (Å²) in [6.07, 6.45) is 12.6. The Morgan fingerprint density at radius 3 is 2.79 bits per heavy atom. The molecule has 2 saturated carbocycles. The highest BCUT2D eigenvalue weighted by molar-refractivity contribution is 5.80. The number of fused-ring (bicyclic) bond motifs is 2. The smallest absolute Gasteiger partial charge is 0.191 e. The SMILES string of the molecule is CN=C(NCC(c1ccco1)N1CCCCC1)NC1C2CCOC2C12CCCC2. The summed E-state index contributed by atoms with van der Waals surface area (Å²) in [4.78, 5) is 7.14. The van der Waals surface area contributed by atoms with E-state index in [0.29, 0.717) is 23.5 Å². The first-order valence-corrected chi connectivity index (χ1v) is 11.7. The molecule has 0 amide bonds. The summed E-state index contributed by atoms with van der Waals surface area (Å²) in [6, 6.07) is 4.86. The van der Waals surface area contributed by atoms with Gasteiger partial charge in [0.05, 0.1) is 18.4 Å². The molecule has 1 aromatic rings. The van der Waals surface area contributed by atoms with Gasteiger partial charge >= 0.3 is 0 Å². The second-order valence-corrected chi connectivity index (χ2v) is 9.39. The molecule has 2 aliphatic carbocycles. The van der Waals surface area contributed by atoms with Gasteiger partial charge in [0.25, 0.3) is 0 Å².